The summed E-state index contributed by atoms with van der Waals surface area (Å²) in [6, 6.07) is 13.3. The van der Waals surface area contributed by atoms with E-state index in [-0.39, 0.29) is 24.1 Å². The zero-order valence-corrected chi connectivity index (χ0v) is 15.9. The van der Waals surface area contributed by atoms with Crippen LogP contribution in [0.5, 0.6) is 5.75 Å². The number of carboxylic acids is 1. The average Bonchev–Trinajstić information content (AvgIpc) is 3.16. The predicted molar refractivity (Wildman–Crippen MR) is 105 cm³/mol. The number of benzene rings is 2. The Kier molecular flexibility index (Phi) is 4.63. The fourth-order valence-electron chi connectivity index (χ4n) is 4.05. The molecule has 4 rings (SSSR count). The number of anilines is 1. The van der Waals surface area contributed by atoms with Crippen LogP contribution < -0.4 is 10.1 Å². The SMILES string of the molecule is N#CCOc1ccc([C@@H]2Nc3c(C(=O)O)cc(Br)cc3[C@@H]3C=CC[C@@H]32)cc1. The molecule has 27 heavy (non-hydrogen) atoms. The summed E-state index contributed by atoms with van der Waals surface area (Å²) in [5, 5.41) is 21.8. The highest BCUT2D eigenvalue weighted by Crippen LogP contribution is 2.51. The molecule has 2 aliphatic rings. The highest BCUT2D eigenvalue weighted by Gasteiger charge is 2.39. The lowest BCUT2D eigenvalue weighted by Gasteiger charge is -2.38. The van der Waals surface area contributed by atoms with Gasteiger partial charge in [0.2, 0.25) is 0 Å². The molecule has 0 radical (unpaired) electrons. The van der Waals surface area contributed by atoms with E-state index in [0.717, 1.165) is 22.0 Å². The third kappa shape index (κ3) is 3.19. The highest BCUT2D eigenvalue weighted by molar-refractivity contribution is 9.10. The minimum atomic E-state index is -0.945. The molecule has 2 aromatic carbocycles. The lowest BCUT2D eigenvalue weighted by atomic mass is 9.76. The van der Waals surface area contributed by atoms with Crippen LogP contribution in [0, 0.1) is 17.2 Å². The number of ether oxygens (including phenoxy) is 1. The van der Waals surface area contributed by atoms with E-state index >= 15 is 0 Å². The lowest BCUT2D eigenvalue weighted by molar-refractivity contribution is 0.0697. The van der Waals surface area contributed by atoms with Crippen LogP contribution in [0.2, 0.25) is 0 Å². The van der Waals surface area contributed by atoms with E-state index in [1.807, 2.05) is 36.4 Å². The number of hydrogen-bond acceptors (Lipinski definition) is 4. The largest absolute Gasteiger partial charge is 0.479 e. The van der Waals surface area contributed by atoms with E-state index in [1.54, 1.807) is 6.07 Å². The number of carbonyl (C=O) groups is 1. The van der Waals surface area contributed by atoms with Gasteiger partial charge < -0.3 is 15.2 Å². The van der Waals surface area contributed by atoms with Gasteiger partial charge in [-0.15, -0.1) is 0 Å². The molecule has 2 aromatic rings. The fourth-order valence-corrected chi connectivity index (χ4v) is 4.53. The summed E-state index contributed by atoms with van der Waals surface area (Å²) in [5.74, 6) is 0.197. The van der Waals surface area contributed by atoms with Crippen LogP contribution in [-0.2, 0) is 0 Å². The quantitative estimate of drug-likeness (QED) is 0.683. The van der Waals surface area contributed by atoms with Gasteiger partial charge in [-0.3, -0.25) is 0 Å². The molecule has 0 unspecified atom stereocenters. The van der Waals surface area contributed by atoms with Gasteiger partial charge in [0.25, 0.3) is 0 Å². The zero-order valence-electron chi connectivity index (χ0n) is 14.4. The molecular weight excluding hydrogens is 408 g/mol. The number of halogens is 1. The third-order valence-electron chi connectivity index (χ3n) is 5.21. The second-order valence-corrected chi connectivity index (χ2v) is 7.63. The molecule has 1 aliphatic heterocycles. The van der Waals surface area contributed by atoms with Gasteiger partial charge in [-0.2, -0.15) is 5.26 Å². The van der Waals surface area contributed by atoms with Gasteiger partial charge in [0.05, 0.1) is 17.3 Å². The summed E-state index contributed by atoms with van der Waals surface area (Å²) in [6.07, 6.45) is 5.29. The Labute approximate surface area is 165 Å². The smallest absolute Gasteiger partial charge is 0.337 e. The number of rotatable bonds is 4. The monoisotopic (exact) mass is 424 g/mol. The first kappa shape index (κ1) is 17.6. The molecule has 1 heterocycles. The van der Waals surface area contributed by atoms with Gasteiger partial charge >= 0.3 is 5.97 Å². The molecule has 1 aliphatic carbocycles. The second kappa shape index (κ2) is 7.09. The Bertz CT molecular complexity index is 963. The maximum absolute atomic E-state index is 11.8. The lowest BCUT2D eigenvalue weighted by Crippen LogP contribution is -2.30. The minimum absolute atomic E-state index is 0.00166. The number of nitrogens with one attached hydrogen (secondary N) is 1. The first-order valence-electron chi connectivity index (χ1n) is 8.68. The first-order valence-corrected chi connectivity index (χ1v) is 9.47. The van der Waals surface area contributed by atoms with Crippen LogP contribution >= 0.6 is 15.9 Å². The molecule has 0 fully saturated rings. The number of hydrogen-bond donors (Lipinski definition) is 2. The average molecular weight is 425 g/mol. The maximum atomic E-state index is 11.8. The molecule has 0 amide bonds. The molecule has 3 atom stereocenters. The standard InChI is InChI=1S/C21H17BrN2O3/c22-13-10-17-15-2-1-3-16(15)19(24-20(17)18(11-13)21(25)26)12-4-6-14(7-5-12)27-9-8-23/h1-2,4-7,10-11,15-16,19,24H,3,9H2,(H,25,26)/t15-,16+,19+/m1/s1. The summed E-state index contributed by atoms with van der Waals surface area (Å²) in [4.78, 5) is 11.8. The number of aromatic carboxylic acids is 1. The maximum Gasteiger partial charge on any atom is 0.337 e. The van der Waals surface area contributed by atoms with Gasteiger partial charge in [0.15, 0.2) is 6.61 Å². The molecule has 0 aromatic heterocycles. The summed E-state index contributed by atoms with van der Waals surface area (Å²) in [7, 11) is 0. The summed E-state index contributed by atoms with van der Waals surface area (Å²) in [6.45, 7) is 0.0138. The summed E-state index contributed by atoms with van der Waals surface area (Å²) < 4.78 is 6.10. The van der Waals surface area contributed by atoms with Crippen molar-refractivity contribution in [3.8, 4) is 11.8 Å². The molecule has 0 saturated heterocycles. The molecule has 2 N–H and O–H groups in total. The number of fused-ring (bicyclic) bond motifs is 3. The molecular formula is C21H17BrN2O3. The molecule has 136 valence electrons. The second-order valence-electron chi connectivity index (χ2n) is 6.71. The van der Waals surface area contributed by atoms with Gasteiger partial charge in [0, 0.05) is 10.4 Å². The third-order valence-corrected chi connectivity index (χ3v) is 5.66. The van der Waals surface area contributed by atoms with Crippen LogP contribution in [-0.4, -0.2) is 17.7 Å². The van der Waals surface area contributed by atoms with E-state index in [1.165, 1.54) is 0 Å². The normalized spacial score (nSPS) is 22.3. The molecule has 0 saturated carbocycles. The van der Waals surface area contributed by atoms with E-state index in [0.29, 0.717) is 17.4 Å². The van der Waals surface area contributed by atoms with Crippen LogP contribution in [0.25, 0.3) is 0 Å². The number of nitrogens with zero attached hydrogens (tertiary/aromatic N) is 1. The van der Waals surface area contributed by atoms with Crippen LogP contribution in [0.3, 0.4) is 0 Å². The van der Waals surface area contributed by atoms with E-state index in [4.69, 9.17) is 10.00 Å². The van der Waals surface area contributed by atoms with Gasteiger partial charge in [-0.1, -0.05) is 40.2 Å². The van der Waals surface area contributed by atoms with Crippen LogP contribution in [0.1, 0.15) is 39.9 Å². The van der Waals surface area contributed by atoms with Crippen LogP contribution in [0.15, 0.2) is 53.0 Å². The number of allylic oxidation sites excluding steroid dienone is 2. The van der Waals surface area contributed by atoms with Crippen molar-refractivity contribution in [2.45, 2.75) is 18.4 Å². The molecule has 0 bridgehead atoms. The molecule has 6 heteroatoms. The van der Waals surface area contributed by atoms with E-state index in [9.17, 15) is 9.90 Å². The minimum Gasteiger partial charge on any atom is -0.479 e. The Morgan fingerprint density at radius 2 is 2.11 bits per heavy atom. The number of carboxylic acid groups (broad SMARTS) is 1. The van der Waals surface area contributed by atoms with Crippen molar-refractivity contribution in [2.24, 2.45) is 5.92 Å². The number of nitriles is 1. The Morgan fingerprint density at radius 1 is 1.33 bits per heavy atom. The zero-order chi connectivity index (χ0) is 19.0. The Hall–Kier alpha value is -2.78. The Morgan fingerprint density at radius 3 is 2.81 bits per heavy atom. The summed E-state index contributed by atoms with van der Waals surface area (Å²) >= 11 is 3.44. The first-order chi connectivity index (χ1) is 13.1. The van der Waals surface area contributed by atoms with Crippen molar-refractivity contribution in [3.63, 3.8) is 0 Å². The topological polar surface area (TPSA) is 82.3 Å². The van der Waals surface area contributed by atoms with Crippen molar-refractivity contribution < 1.29 is 14.6 Å². The van der Waals surface area contributed by atoms with Crippen molar-refractivity contribution in [1.29, 1.82) is 5.26 Å². The predicted octanol–water partition coefficient (Wildman–Crippen LogP) is 4.88. The molecule has 5 nitrogen and oxygen atoms in total. The van der Waals surface area contributed by atoms with Gasteiger partial charge in [-0.25, -0.2) is 4.79 Å². The summed E-state index contributed by atoms with van der Waals surface area (Å²) in [5.41, 5.74) is 3.05. The van der Waals surface area contributed by atoms with Gasteiger partial charge in [0.1, 0.15) is 11.8 Å². The van der Waals surface area contributed by atoms with E-state index < -0.39 is 5.97 Å². The molecule has 0 spiro atoms. The van der Waals surface area contributed by atoms with Crippen molar-refractivity contribution in [2.75, 3.05) is 11.9 Å². The van der Waals surface area contributed by atoms with E-state index in [2.05, 4.69) is 33.4 Å². The van der Waals surface area contributed by atoms with Gasteiger partial charge in [-0.05, 0) is 47.7 Å². The Balaban J connectivity index is 1.73. The van der Waals surface area contributed by atoms with Crippen molar-refractivity contribution in [3.05, 3.63) is 69.7 Å². The van der Waals surface area contributed by atoms with Crippen molar-refractivity contribution in [1.82, 2.24) is 0 Å². The highest BCUT2D eigenvalue weighted by atomic mass is 79.9. The fraction of sp³-hybridized carbons (Fsp3) is 0.238. The van der Waals surface area contributed by atoms with Crippen molar-refractivity contribution >= 4 is 27.6 Å². The van der Waals surface area contributed by atoms with Crippen LogP contribution in [0.4, 0.5) is 5.69 Å².